The molecule has 0 radical (unpaired) electrons. The maximum Gasteiger partial charge on any atom is 0.392 e. The van der Waals surface area contributed by atoms with Crippen LogP contribution in [-0.2, 0) is 25.6 Å². The van der Waals surface area contributed by atoms with Gasteiger partial charge in [0.1, 0.15) is 0 Å². The van der Waals surface area contributed by atoms with Gasteiger partial charge in [0.05, 0.1) is 25.0 Å². The molecule has 6 nitrogen and oxygen atoms in total. The summed E-state index contributed by atoms with van der Waals surface area (Å²) in [7, 11) is 0. The van der Waals surface area contributed by atoms with Crippen LogP contribution < -0.4 is 0 Å². The maximum atomic E-state index is 13.3. The SMILES string of the molecule is CCOC(=O)C(c1ccc(CN2N=C(c3ccccc3)OCC2=O)cc1)C(C)C(F)(F)F. The summed E-state index contributed by atoms with van der Waals surface area (Å²) in [6.07, 6.45) is -4.56. The number of ether oxygens (including phenoxy) is 2. The van der Waals surface area contributed by atoms with Crippen molar-refractivity contribution in [2.75, 3.05) is 13.2 Å². The minimum atomic E-state index is -4.56. The van der Waals surface area contributed by atoms with E-state index in [9.17, 15) is 22.8 Å². The van der Waals surface area contributed by atoms with Crippen LogP contribution in [-0.4, -0.2) is 42.2 Å². The Balaban J connectivity index is 1.80. The zero-order chi connectivity index (χ0) is 23.3. The van der Waals surface area contributed by atoms with E-state index in [4.69, 9.17) is 9.47 Å². The van der Waals surface area contributed by atoms with E-state index in [2.05, 4.69) is 5.10 Å². The topological polar surface area (TPSA) is 68.2 Å². The van der Waals surface area contributed by atoms with Gasteiger partial charge in [-0.05, 0) is 30.2 Å². The minimum absolute atomic E-state index is 0.0150. The standard InChI is InChI=1S/C23H23F3N2O4/c1-3-31-22(30)20(15(2)23(24,25)26)17-11-9-16(10-12-17)13-28-19(29)14-32-21(27-28)18-7-5-4-6-8-18/h4-12,15,20H,3,13-14H2,1-2H3. The van der Waals surface area contributed by atoms with Crippen LogP contribution in [0, 0.1) is 5.92 Å². The number of esters is 1. The maximum absolute atomic E-state index is 13.3. The Morgan fingerprint density at radius 1 is 1.16 bits per heavy atom. The third-order valence-corrected chi connectivity index (χ3v) is 5.08. The highest BCUT2D eigenvalue weighted by Gasteiger charge is 2.45. The van der Waals surface area contributed by atoms with Gasteiger partial charge in [0.25, 0.3) is 5.91 Å². The van der Waals surface area contributed by atoms with Gasteiger partial charge in [-0.3, -0.25) is 9.59 Å². The second-order valence-electron chi connectivity index (χ2n) is 7.31. The molecule has 0 saturated carbocycles. The lowest BCUT2D eigenvalue weighted by molar-refractivity contribution is -0.185. The molecule has 0 bridgehead atoms. The Bertz CT molecular complexity index is 975. The number of amides is 1. The van der Waals surface area contributed by atoms with Gasteiger partial charge in [-0.1, -0.05) is 49.4 Å². The summed E-state index contributed by atoms with van der Waals surface area (Å²) in [5, 5.41) is 5.51. The van der Waals surface area contributed by atoms with Gasteiger partial charge in [-0.15, -0.1) is 5.10 Å². The number of rotatable bonds is 7. The zero-order valence-electron chi connectivity index (χ0n) is 17.6. The van der Waals surface area contributed by atoms with Crippen molar-refractivity contribution in [3.8, 4) is 0 Å². The molecule has 0 saturated heterocycles. The first kappa shape index (κ1) is 23.3. The van der Waals surface area contributed by atoms with Crippen molar-refractivity contribution in [2.45, 2.75) is 32.5 Å². The molecule has 1 amide bonds. The summed E-state index contributed by atoms with van der Waals surface area (Å²) in [6, 6.07) is 15.2. The Labute approximate surface area is 183 Å². The van der Waals surface area contributed by atoms with Gasteiger partial charge in [-0.2, -0.15) is 13.2 Å². The number of carbonyl (C=O) groups is 2. The smallest absolute Gasteiger partial charge is 0.392 e. The Morgan fingerprint density at radius 3 is 2.41 bits per heavy atom. The fraction of sp³-hybridized carbons (Fsp3) is 0.348. The normalized spacial score (nSPS) is 16.1. The molecule has 1 aliphatic heterocycles. The van der Waals surface area contributed by atoms with Gasteiger partial charge >= 0.3 is 12.1 Å². The molecule has 2 aromatic carbocycles. The number of hydrogen-bond acceptors (Lipinski definition) is 5. The molecule has 0 N–H and O–H groups in total. The molecule has 2 unspecified atom stereocenters. The van der Waals surface area contributed by atoms with Crippen molar-refractivity contribution in [2.24, 2.45) is 11.0 Å². The van der Waals surface area contributed by atoms with E-state index >= 15 is 0 Å². The molecular weight excluding hydrogens is 425 g/mol. The summed E-state index contributed by atoms with van der Waals surface area (Å²) >= 11 is 0. The lowest BCUT2D eigenvalue weighted by Gasteiger charge is -2.26. The third-order valence-electron chi connectivity index (χ3n) is 5.08. The summed E-state index contributed by atoms with van der Waals surface area (Å²) in [4.78, 5) is 24.5. The third kappa shape index (κ3) is 5.46. The Morgan fingerprint density at radius 2 is 1.81 bits per heavy atom. The fourth-order valence-corrected chi connectivity index (χ4v) is 3.30. The van der Waals surface area contributed by atoms with E-state index in [1.165, 1.54) is 17.1 Å². The zero-order valence-corrected chi connectivity index (χ0v) is 17.6. The van der Waals surface area contributed by atoms with Crippen molar-refractivity contribution in [1.82, 2.24) is 5.01 Å². The number of benzene rings is 2. The van der Waals surface area contributed by atoms with Crippen LogP contribution in [0.1, 0.15) is 36.5 Å². The van der Waals surface area contributed by atoms with Gasteiger partial charge in [0.2, 0.25) is 5.90 Å². The van der Waals surface area contributed by atoms with Crippen LogP contribution >= 0.6 is 0 Å². The lowest BCUT2D eigenvalue weighted by Crippen LogP contribution is -2.36. The van der Waals surface area contributed by atoms with Crippen LogP contribution in [0.4, 0.5) is 13.2 Å². The van der Waals surface area contributed by atoms with Crippen LogP contribution in [0.15, 0.2) is 59.7 Å². The first-order valence-electron chi connectivity index (χ1n) is 10.1. The van der Waals surface area contributed by atoms with Crippen molar-refractivity contribution in [3.63, 3.8) is 0 Å². The summed E-state index contributed by atoms with van der Waals surface area (Å²) < 4.78 is 50.2. The van der Waals surface area contributed by atoms with Gasteiger partial charge in [0, 0.05) is 5.56 Å². The van der Waals surface area contributed by atoms with Crippen molar-refractivity contribution < 1.29 is 32.2 Å². The number of halogens is 3. The minimum Gasteiger partial charge on any atom is -0.466 e. The molecule has 0 fully saturated rings. The Hall–Kier alpha value is -3.36. The van der Waals surface area contributed by atoms with Crippen LogP contribution in [0.2, 0.25) is 0 Å². The quantitative estimate of drug-likeness (QED) is 0.594. The van der Waals surface area contributed by atoms with Crippen molar-refractivity contribution >= 4 is 17.8 Å². The molecule has 0 aromatic heterocycles. The molecular formula is C23H23F3N2O4. The molecule has 2 atom stereocenters. The molecule has 32 heavy (non-hydrogen) atoms. The van der Waals surface area contributed by atoms with Gasteiger partial charge in [-0.25, -0.2) is 5.01 Å². The molecule has 9 heteroatoms. The highest BCUT2D eigenvalue weighted by Crippen LogP contribution is 2.38. The van der Waals surface area contributed by atoms with E-state index in [1.54, 1.807) is 31.2 Å². The van der Waals surface area contributed by atoms with E-state index in [-0.39, 0.29) is 31.2 Å². The molecule has 2 aromatic rings. The van der Waals surface area contributed by atoms with E-state index < -0.39 is 24.0 Å². The second-order valence-corrected chi connectivity index (χ2v) is 7.31. The predicted molar refractivity (Wildman–Crippen MR) is 111 cm³/mol. The fourth-order valence-electron chi connectivity index (χ4n) is 3.30. The van der Waals surface area contributed by atoms with Crippen LogP contribution in [0.3, 0.4) is 0 Å². The van der Waals surface area contributed by atoms with Gasteiger partial charge < -0.3 is 9.47 Å². The second kappa shape index (κ2) is 9.84. The van der Waals surface area contributed by atoms with E-state index in [0.29, 0.717) is 11.5 Å². The molecule has 0 spiro atoms. The summed E-state index contributed by atoms with van der Waals surface area (Å²) in [6.45, 7) is 2.43. The Kier molecular flexibility index (Phi) is 7.17. The molecule has 1 aliphatic rings. The highest BCUT2D eigenvalue weighted by atomic mass is 19.4. The molecule has 1 heterocycles. The van der Waals surface area contributed by atoms with E-state index in [1.807, 2.05) is 18.2 Å². The molecule has 3 rings (SSSR count). The van der Waals surface area contributed by atoms with Crippen molar-refractivity contribution in [3.05, 3.63) is 71.3 Å². The predicted octanol–water partition coefficient (Wildman–Crippen LogP) is 4.25. The van der Waals surface area contributed by atoms with Crippen molar-refractivity contribution in [1.29, 1.82) is 0 Å². The number of alkyl halides is 3. The average molecular weight is 448 g/mol. The average Bonchev–Trinajstić information content (AvgIpc) is 2.77. The molecule has 0 aliphatic carbocycles. The lowest BCUT2D eigenvalue weighted by atomic mass is 9.86. The highest BCUT2D eigenvalue weighted by molar-refractivity contribution is 5.97. The van der Waals surface area contributed by atoms with Crippen LogP contribution in [0.5, 0.6) is 0 Å². The summed E-state index contributed by atoms with van der Waals surface area (Å²) in [5.41, 5.74) is 1.56. The monoisotopic (exact) mass is 448 g/mol. The largest absolute Gasteiger partial charge is 0.466 e. The first-order valence-corrected chi connectivity index (χ1v) is 10.1. The number of carbonyl (C=O) groups excluding carboxylic acids is 2. The van der Waals surface area contributed by atoms with E-state index in [0.717, 1.165) is 12.5 Å². The summed E-state index contributed by atoms with van der Waals surface area (Å²) in [5.74, 6) is -4.35. The number of nitrogens with zero attached hydrogens (tertiary/aromatic N) is 2. The van der Waals surface area contributed by atoms with Crippen LogP contribution in [0.25, 0.3) is 0 Å². The number of hydrazone groups is 1. The van der Waals surface area contributed by atoms with Gasteiger partial charge in [0.15, 0.2) is 6.61 Å². The first-order chi connectivity index (χ1) is 15.2. The molecule has 170 valence electrons. The number of hydrogen-bond donors (Lipinski definition) is 0.